The highest BCUT2D eigenvalue weighted by Gasteiger charge is 2.37. The van der Waals surface area contributed by atoms with E-state index in [9.17, 15) is 19.1 Å². The lowest BCUT2D eigenvalue weighted by Gasteiger charge is -2.34. The molecule has 0 saturated heterocycles. The van der Waals surface area contributed by atoms with Crippen LogP contribution in [0.3, 0.4) is 0 Å². The molecule has 1 aromatic carbocycles. The number of carbonyl (C=O) groups is 2. The van der Waals surface area contributed by atoms with Crippen molar-refractivity contribution >= 4 is 11.9 Å². The molecular formula is C14H18FNO3. The number of likely N-dealkylation sites (N-methyl/N-ethyl adjacent to an activating group) is 1. The fraction of sp³-hybridized carbons (Fsp3) is 0.429. The minimum atomic E-state index is -1.39. The lowest BCUT2D eigenvalue weighted by Crippen LogP contribution is -2.53. The number of aryl methyl sites for hydroxylation is 1. The van der Waals surface area contributed by atoms with Crippen LogP contribution in [0.15, 0.2) is 18.2 Å². The number of hydrogen-bond acceptors (Lipinski definition) is 2. The van der Waals surface area contributed by atoms with E-state index in [2.05, 4.69) is 0 Å². The number of hydrogen-bond donors (Lipinski definition) is 1. The molecule has 104 valence electrons. The monoisotopic (exact) mass is 267 g/mol. The zero-order valence-corrected chi connectivity index (χ0v) is 11.5. The van der Waals surface area contributed by atoms with E-state index < -0.39 is 23.2 Å². The van der Waals surface area contributed by atoms with E-state index in [4.69, 9.17) is 0 Å². The van der Waals surface area contributed by atoms with Crippen LogP contribution in [-0.2, 0) is 4.79 Å². The van der Waals surface area contributed by atoms with Crippen molar-refractivity contribution in [3.8, 4) is 0 Å². The van der Waals surface area contributed by atoms with Crippen LogP contribution < -0.4 is 0 Å². The quantitative estimate of drug-likeness (QED) is 0.911. The molecule has 0 aliphatic carbocycles. The fourth-order valence-electron chi connectivity index (χ4n) is 1.86. The van der Waals surface area contributed by atoms with Crippen LogP contribution in [0.4, 0.5) is 4.39 Å². The van der Waals surface area contributed by atoms with E-state index in [1.807, 2.05) is 0 Å². The van der Waals surface area contributed by atoms with Crippen LogP contribution in [0.2, 0.25) is 0 Å². The first kappa shape index (κ1) is 15.1. The Hall–Kier alpha value is -1.91. The molecule has 5 heteroatoms. The molecule has 19 heavy (non-hydrogen) atoms. The van der Waals surface area contributed by atoms with Crippen molar-refractivity contribution in [2.24, 2.45) is 0 Å². The van der Waals surface area contributed by atoms with Gasteiger partial charge in [-0.1, -0.05) is 11.6 Å². The Kier molecular flexibility index (Phi) is 4.29. The molecule has 0 heterocycles. The third kappa shape index (κ3) is 2.92. The number of halogens is 1. The average molecular weight is 267 g/mol. The van der Waals surface area contributed by atoms with E-state index in [1.54, 1.807) is 19.9 Å². The number of nitrogens with zero attached hydrogens (tertiary/aromatic N) is 1. The van der Waals surface area contributed by atoms with Gasteiger partial charge in [-0.25, -0.2) is 9.18 Å². The van der Waals surface area contributed by atoms with Crippen molar-refractivity contribution in [2.75, 3.05) is 6.54 Å². The van der Waals surface area contributed by atoms with Crippen molar-refractivity contribution in [1.29, 1.82) is 0 Å². The first-order valence-corrected chi connectivity index (χ1v) is 6.03. The Bertz CT molecular complexity index is 511. The van der Waals surface area contributed by atoms with E-state index in [-0.39, 0.29) is 12.1 Å². The Balaban J connectivity index is 3.23. The Morgan fingerprint density at radius 3 is 2.42 bits per heavy atom. The summed E-state index contributed by atoms with van der Waals surface area (Å²) in [5.41, 5.74) is -0.743. The smallest absolute Gasteiger partial charge is 0.329 e. The molecule has 4 nitrogen and oxygen atoms in total. The minimum Gasteiger partial charge on any atom is -0.480 e. The minimum absolute atomic E-state index is 0.101. The highest BCUT2D eigenvalue weighted by atomic mass is 19.1. The van der Waals surface area contributed by atoms with Gasteiger partial charge in [0, 0.05) is 6.54 Å². The molecule has 0 unspecified atom stereocenters. The summed E-state index contributed by atoms with van der Waals surface area (Å²) in [6, 6.07) is 4.20. The van der Waals surface area contributed by atoms with Crippen LogP contribution in [0.25, 0.3) is 0 Å². The topological polar surface area (TPSA) is 57.6 Å². The summed E-state index contributed by atoms with van der Waals surface area (Å²) < 4.78 is 13.7. The Morgan fingerprint density at radius 1 is 1.37 bits per heavy atom. The van der Waals surface area contributed by atoms with Gasteiger partial charge >= 0.3 is 5.97 Å². The first-order chi connectivity index (χ1) is 8.71. The third-order valence-corrected chi connectivity index (χ3v) is 3.11. The second kappa shape index (κ2) is 5.38. The number of carboxylic acid groups (broad SMARTS) is 1. The highest BCUT2D eigenvalue weighted by molar-refractivity contribution is 5.98. The summed E-state index contributed by atoms with van der Waals surface area (Å²) >= 11 is 0. The van der Waals surface area contributed by atoms with Crippen LogP contribution in [0.1, 0.15) is 36.7 Å². The highest BCUT2D eigenvalue weighted by Crippen LogP contribution is 2.20. The van der Waals surface area contributed by atoms with Crippen LogP contribution >= 0.6 is 0 Å². The van der Waals surface area contributed by atoms with Crippen LogP contribution in [-0.4, -0.2) is 34.0 Å². The van der Waals surface area contributed by atoms with Crippen LogP contribution in [0, 0.1) is 12.7 Å². The molecule has 0 aliphatic heterocycles. The van der Waals surface area contributed by atoms with Gasteiger partial charge in [-0.2, -0.15) is 0 Å². The molecule has 0 fully saturated rings. The molecule has 1 amide bonds. The largest absolute Gasteiger partial charge is 0.480 e. The van der Waals surface area contributed by atoms with E-state index in [0.717, 1.165) is 10.5 Å². The van der Waals surface area contributed by atoms with Gasteiger partial charge in [0.05, 0.1) is 5.56 Å². The molecule has 1 rings (SSSR count). The van der Waals surface area contributed by atoms with Crippen molar-refractivity contribution in [3.05, 3.63) is 35.1 Å². The normalized spacial score (nSPS) is 11.2. The van der Waals surface area contributed by atoms with Gasteiger partial charge in [-0.05, 0) is 39.8 Å². The summed E-state index contributed by atoms with van der Waals surface area (Å²) in [6.45, 7) is 6.44. The van der Waals surface area contributed by atoms with Gasteiger partial charge in [-0.3, -0.25) is 4.79 Å². The number of rotatable bonds is 4. The molecule has 0 spiro atoms. The predicted octanol–water partition coefficient (Wildman–Crippen LogP) is 2.46. The SMILES string of the molecule is CCN(C(=O)c1cc(C)ccc1F)C(C)(C)C(=O)O. The number of aliphatic carboxylic acids is 1. The van der Waals surface area contributed by atoms with Gasteiger partial charge in [0.1, 0.15) is 11.4 Å². The van der Waals surface area contributed by atoms with Crippen molar-refractivity contribution < 1.29 is 19.1 Å². The van der Waals surface area contributed by atoms with Crippen molar-refractivity contribution in [3.63, 3.8) is 0 Å². The van der Waals surface area contributed by atoms with E-state index >= 15 is 0 Å². The molecule has 0 aliphatic rings. The maximum atomic E-state index is 13.7. The van der Waals surface area contributed by atoms with Crippen LogP contribution in [0.5, 0.6) is 0 Å². The number of carbonyl (C=O) groups excluding carboxylic acids is 1. The summed E-state index contributed by atoms with van der Waals surface area (Å²) in [6.07, 6.45) is 0. The average Bonchev–Trinajstić information content (AvgIpc) is 2.32. The van der Waals surface area contributed by atoms with Gasteiger partial charge in [0.15, 0.2) is 0 Å². The zero-order chi connectivity index (χ0) is 14.8. The number of benzene rings is 1. The summed E-state index contributed by atoms with van der Waals surface area (Å²) in [5, 5.41) is 9.17. The number of amides is 1. The first-order valence-electron chi connectivity index (χ1n) is 6.03. The molecule has 1 N–H and O–H groups in total. The lowest BCUT2D eigenvalue weighted by molar-refractivity contribution is -0.147. The molecule has 0 saturated carbocycles. The number of carboxylic acids is 1. The van der Waals surface area contributed by atoms with E-state index in [1.165, 1.54) is 26.0 Å². The summed E-state index contributed by atoms with van der Waals surface area (Å²) in [5.74, 6) is -2.39. The van der Waals surface area contributed by atoms with Gasteiger partial charge in [-0.15, -0.1) is 0 Å². The van der Waals surface area contributed by atoms with Gasteiger partial charge in [0.2, 0.25) is 0 Å². The maximum absolute atomic E-state index is 13.7. The predicted molar refractivity (Wildman–Crippen MR) is 69.6 cm³/mol. The Labute approximate surface area is 111 Å². The molecule has 0 atom stereocenters. The second-order valence-electron chi connectivity index (χ2n) is 4.90. The Morgan fingerprint density at radius 2 is 1.95 bits per heavy atom. The van der Waals surface area contributed by atoms with Gasteiger partial charge < -0.3 is 10.0 Å². The van der Waals surface area contributed by atoms with Crippen molar-refractivity contribution in [1.82, 2.24) is 4.90 Å². The molecule has 1 aromatic rings. The summed E-state index contributed by atoms with van der Waals surface area (Å²) in [4.78, 5) is 24.7. The standard InChI is InChI=1S/C14H18FNO3/c1-5-16(14(3,4)13(18)19)12(17)10-8-9(2)6-7-11(10)15/h6-8H,5H2,1-4H3,(H,18,19). The second-order valence-corrected chi connectivity index (χ2v) is 4.90. The summed E-state index contributed by atoms with van der Waals surface area (Å²) in [7, 11) is 0. The fourth-order valence-corrected chi connectivity index (χ4v) is 1.86. The van der Waals surface area contributed by atoms with Gasteiger partial charge in [0.25, 0.3) is 5.91 Å². The van der Waals surface area contributed by atoms with E-state index in [0.29, 0.717) is 0 Å². The maximum Gasteiger partial charge on any atom is 0.329 e. The third-order valence-electron chi connectivity index (χ3n) is 3.11. The van der Waals surface area contributed by atoms with Crippen molar-refractivity contribution in [2.45, 2.75) is 33.2 Å². The zero-order valence-electron chi connectivity index (χ0n) is 11.5. The molecule has 0 radical (unpaired) electrons. The molecule has 0 bridgehead atoms. The molecule has 0 aromatic heterocycles. The molecular weight excluding hydrogens is 249 g/mol. The lowest BCUT2D eigenvalue weighted by atomic mass is 10.0.